The molecule has 0 radical (unpaired) electrons. The Balaban J connectivity index is 0.000000281. The molecular weight excluding hydrogens is 354 g/mol. The highest BCUT2D eigenvalue weighted by molar-refractivity contribution is 5.96. The van der Waals surface area contributed by atoms with Crippen LogP contribution < -0.4 is 16.0 Å². The van der Waals surface area contributed by atoms with Gasteiger partial charge in [0.25, 0.3) is 0 Å². The van der Waals surface area contributed by atoms with Crippen LogP contribution >= 0.6 is 0 Å². The summed E-state index contributed by atoms with van der Waals surface area (Å²) in [4.78, 5) is 24.2. The van der Waals surface area contributed by atoms with Gasteiger partial charge in [-0.2, -0.15) is 0 Å². The number of para-hydroxylation sites is 2. The summed E-state index contributed by atoms with van der Waals surface area (Å²) in [5.74, 6) is -0.283. The highest BCUT2D eigenvalue weighted by Gasteiger charge is 2.15. The third kappa shape index (κ3) is 9.04. The molecule has 28 heavy (non-hydrogen) atoms. The molecular formula is C22H35N3O3. The number of nitrogens with two attached hydrogens (primary N) is 1. The molecule has 0 spiro atoms. The largest absolute Gasteiger partial charge is 0.372 e. The van der Waals surface area contributed by atoms with Crippen molar-refractivity contribution >= 4 is 23.2 Å². The van der Waals surface area contributed by atoms with Gasteiger partial charge < -0.3 is 20.7 Å². The Bertz CT molecular complexity index is 665. The van der Waals surface area contributed by atoms with Crippen molar-refractivity contribution in [2.45, 2.75) is 52.6 Å². The third-order valence-corrected chi connectivity index (χ3v) is 4.32. The summed E-state index contributed by atoms with van der Waals surface area (Å²) in [7, 11) is 3.51. The molecule has 0 bridgehead atoms. The molecule has 1 unspecified atom stereocenters. The van der Waals surface area contributed by atoms with Gasteiger partial charge in [0.2, 0.25) is 11.8 Å². The predicted molar refractivity (Wildman–Crippen MR) is 115 cm³/mol. The van der Waals surface area contributed by atoms with E-state index in [1.165, 1.54) is 7.11 Å². The minimum atomic E-state index is -0.437. The molecule has 3 N–H and O–H groups in total. The number of carbonyl (C=O) groups excluding carboxylic acids is 2. The molecule has 6 nitrogen and oxygen atoms in total. The molecule has 0 aromatic heterocycles. The van der Waals surface area contributed by atoms with Crippen LogP contribution in [0.25, 0.3) is 0 Å². The van der Waals surface area contributed by atoms with Crippen LogP contribution in [0.2, 0.25) is 0 Å². The lowest BCUT2D eigenvalue weighted by molar-refractivity contribution is -0.128. The number of rotatable bonds is 6. The number of carbonyl (C=O) groups is 2. The van der Waals surface area contributed by atoms with Crippen molar-refractivity contribution in [1.29, 1.82) is 0 Å². The molecule has 1 aliphatic rings. The summed E-state index contributed by atoms with van der Waals surface area (Å²) in [5.41, 5.74) is 7.38. The average molecular weight is 390 g/mol. The zero-order valence-corrected chi connectivity index (χ0v) is 17.8. The number of allylic oxidation sites excluding steroid dienone is 2. The van der Waals surface area contributed by atoms with E-state index >= 15 is 0 Å². The van der Waals surface area contributed by atoms with Gasteiger partial charge in [0.05, 0.1) is 11.4 Å². The number of methoxy groups -OCH3 is 1. The van der Waals surface area contributed by atoms with E-state index in [1.54, 1.807) is 0 Å². The fourth-order valence-corrected chi connectivity index (χ4v) is 2.75. The van der Waals surface area contributed by atoms with Crippen LogP contribution in [-0.4, -0.2) is 38.6 Å². The average Bonchev–Trinajstić information content (AvgIpc) is 2.76. The Morgan fingerprint density at radius 3 is 2.64 bits per heavy atom. The van der Waals surface area contributed by atoms with E-state index in [4.69, 9.17) is 10.5 Å². The van der Waals surface area contributed by atoms with Crippen molar-refractivity contribution < 1.29 is 14.3 Å². The van der Waals surface area contributed by atoms with E-state index in [2.05, 4.69) is 43.1 Å². The summed E-state index contributed by atoms with van der Waals surface area (Å²) in [6.45, 7) is 7.25. The van der Waals surface area contributed by atoms with Crippen molar-refractivity contribution in [3.8, 4) is 0 Å². The van der Waals surface area contributed by atoms with Crippen molar-refractivity contribution in [2.75, 3.05) is 30.9 Å². The second-order valence-electron chi connectivity index (χ2n) is 8.06. The van der Waals surface area contributed by atoms with Crippen LogP contribution in [0.4, 0.5) is 11.4 Å². The molecule has 0 fully saturated rings. The van der Waals surface area contributed by atoms with Crippen LogP contribution in [0.15, 0.2) is 36.4 Å². The Hall–Kier alpha value is -2.34. The number of hydrogen-bond donors (Lipinski definition) is 2. The molecule has 1 aromatic rings. The molecule has 0 aliphatic carbocycles. The topological polar surface area (TPSA) is 84.7 Å². The molecule has 156 valence electrons. The van der Waals surface area contributed by atoms with E-state index in [0.29, 0.717) is 12.8 Å². The Morgan fingerprint density at radius 1 is 1.36 bits per heavy atom. The minimum absolute atomic E-state index is 0.0943. The van der Waals surface area contributed by atoms with Crippen LogP contribution in [0.3, 0.4) is 0 Å². The fourth-order valence-electron chi connectivity index (χ4n) is 2.75. The normalized spacial score (nSPS) is 15.2. The number of nitrogens with one attached hydrogen (secondary N) is 1. The molecule has 2 amide bonds. The number of nitrogens with zero attached hydrogens (tertiary/aromatic N) is 1. The lowest BCUT2D eigenvalue weighted by atomic mass is 9.95. The van der Waals surface area contributed by atoms with Crippen molar-refractivity contribution in [3.63, 3.8) is 0 Å². The van der Waals surface area contributed by atoms with Gasteiger partial charge in [0.1, 0.15) is 6.10 Å². The van der Waals surface area contributed by atoms with Gasteiger partial charge in [0, 0.05) is 27.1 Å². The lowest BCUT2D eigenvalue weighted by Crippen LogP contribution is -2.29. The molecule has 1 aliphatic heterocycles. The summed E-state index contributed by atoms with van der Waals surface area (Å²) in [5, 5.41) is 2.87. The molecule has 0 saturated heterocycles. The number of primary amides is 1. The first kappa shape index (κ1) is 23.7. The number of benzene rings is 1. The van der Waals surface area contributed by atoms with E-state index in [-0.39, 0.29) is 17.2 Å². The zero-order valence-electron chi connectivity index (χ0n) is 17.8. The van der Waals surface area contributed by atoms with Crippen LogP contribution in [-0.2, 0) is 14.3 Å². The number of unbranched alkanes of at least 4 members (excludes halogenated alkanes) is 1. The van der Waals surface area contributed by atoms with E-state index in [1.807, 2.05) is 31.3 Å². The van der Waals surface area contributed by atoms with E-state index in [9.17, 15) is 9.59 Å². The molecule has 1 heterocycles. The second kappa shape index (κ2) is 11.5. The van der Waals surface area contributed by atoms with Gasteiger partial charge in [-0.1, -0.05) is 45.1 Å². The standard InChI is InChI=1S/C12H23NO2.C10H12N2O/c1-12(2,3)9-7-5-6-8-10(15-4)11(13)14;1-12-7-6-10(13)11-8-4-2-3-5-9(8)12/h7,9-10H,5-6,8H2,1-4H3,(H2,13,14);2-5H,6-7H2,1H3,(H,11,13)/b9-7+;. The SMILES string of the molecule is CN1CCC(=O)Nc2ccccc21.COC(CCC/C=C/C(C)(C)C)C(N)=O. The highest BCUT2D eigenvalue weighted by Crippen LogP contribution is 2.26. The molecule has 1 atom stereocenters. The summed E-state index contributed by atoms with van der Waals surface area (Å²) >= 11 is 0. The fraction of sp³-hybridized carbons (Fsp3) is 0.545. The highest BCUT2D eigenvalue weighted by atomic mass is 16.5. The maximum Gasteiger partial charge on any atom is 0.246 e. The number of hydrogen-bond acceptors (Lipinski definition) is 4. The smallest absolute Gasteiger partial charge is 0.246 e. The minimum Gasteiger partial charge on any atom is -0.372 e. The van der Waals surface area contributed by atoms with Crippen LogP contribution in [0.5, 0.6) is 0 Å². The molecule has 0 saturated carbocycles. The molecule has 1 aromatic carbocycles. The first-order chi connectivity index (χ1) is 13.1. The first-order valence-corrected chi connectivity index (χ1v) is 9.74. The van der Waals surface area contributed by atoms with Gasteiger partial charge in [-0.3, -0.25) is 9.59 Å². The Morgan fingerprint density at radius 2 is 2.04 bits per heavy atom. The maximum absolute atomic E-state index is 11.3. The molecule has 6 heteroatoms. The van der Waals surface area contributed by atoms with E-state index in [0.717, 1.165) is 30.8 Å². The quantitative estimate of drug-likeness (QED) is 0.573. The van der Waals surface area contributed by atoms with Crippen molar-refractivity contribution in [2.24, 2.45) is 11.1 Å². The molecule has 2 rings (SSSR count). The Labute approximate surface area is 169 Å². The van der Waals surface area contributed by atoms with Gasteiger partial charge >= 0.3 is 0 Å². The predicted octanol–water partition coefficient (Wildman–Crippen LogP) is 3.72. The zero-order chi connectivity index (χ0) is 21.2. The van der Waals surface area contributed by atoms with E-state index < -0.39 is 6.10 Å². The van der Waals surface area contributed by atoms with Gasteiger partial charge in [-0.25, -0.2) is 0 Å². The second-order valence-corrected chi connectivity index (χ2v) is 8.06. The third-order valence-electron chi connectivity index (χ3n) is 4.32. The maximum atomic E-state index is 11.3. The van der Waals surface area contributed by atoms with Crippen molar-refractivity contribution in [3.05, 3.63) is 36.4 Å². The number of ether oxygens (including phenoxy) is 1. The summed E-state index contributed by atoms with van der Waals surface area (Å²) < 4.78 is 4.96. The van der Waals surface area contributed by atoms with Gasteiger partial charge in [-0.05, 0) is 36.8 Å². The van der Waals surface area contributed by atoms with Gasteiger partial charge in [0.15, 0.2) is 0 Å². The lowest BCUT2D eigenvalue weighted by Gasteiger charge is -2.17. The van der Waals surface area contributed by atoms with Gasteiger partial charge in [-0.15, -0.1) is 0 Å². The Kier molecular flexibility index (Phi) is 9.73. The monoisotopic (exact) mass is 389 g/mol. The summed E-state index contributed by atoms with van der Waals surface area (Å²) in [6, 6.07) is 7.85. The van der Waals surface area contributed by atoms with Crippen LogP contribution in [0, 0.1) is 5.41 Å². The number of anilines is 2. The summed E-state index contributed by atoms with van der Waals surface area (Å²) in [6.07, 6.45) is 7.03. The van der Waals surface area contributed by atoms with Crippen LogP contribution in [0.1, 0.15) is 46.5 Å². The van der Waals surface area contributed by atoms with Crippen molar-refractivity contribution in [1.82, 2.24) is 0 Å². The number of fused-ring (bicyclic) bond motifs is 1. The number of amides is 2. The first-order valence-electron chi connectivity index (χ1n) is 9.74.